The summed E-state index contributed by atoms with van der Waals surface area (Å²) in [7, 11) is 0. The largest absolute Gasteiger partial charge is 0.388 e. The first-order valence-electron chi connectivity index (χ1n) is 6.48. The zero-order chi connectivity index (χ0) is 14.3. The van der Waals surface area contributed by atoms with Crippen LogP contribution in [-0.2, 0) is 29.1 Å². The molecule has 3 unspecified atom stereocenters. The molecule has 2 saturated heterocycles. The first-order chi connectivity index (χ1) is 9.60. The predicted molar refractivity (Wildman–Crippen MR) is 64.4 cm³/mol. The molecular formula is C11H16FN3O5. The topological polar surface area (TPSA) is 94.2 Å². The maximum Gasteiger partial charge on any atom is 0.347 e. The predicted octanol–water partition coefficient (Wildman–Crippen LogP) is -2.06. The molecule has 0 radical (unpaired) electrons. The van der Waals surface area contributed by atoms with E-state index in [0.29, 0.717) is 13.2 Å². The number of alkyl halides is 1. The number of halogens is 1. The summed E-state index contributed by atoms with van der Waals surface area (Å²) in [5.41, 5.74) is -1.04. The molecule has 20 heavy (non-hydrogen) atoms. The van der Waals surface area contributed by atoms with E-state index in [4.69, 9.17) is 9.47 Å². The Morgan fingerprint density at radius 2 is 1.70 bits per heavy atom. The fourth-order valence-electron chi connectivity index (χ4n) is 2.07. The minimum Gasteiger partial charge on any atom is -0.388 e. The van der Waals surface area contributed by atoms with Crippen molar-refractivity contribution in [2.45, 2.75) is 37.9 Å². The van der Waals surface area contributed by atoms with Crippen LogP contribution in [0.25, 0.3) is 0 Å². The first kappa shape index (κ1) is 13.5. The van der Waals surface area contributed by atoms with Crippen molar-refractivity contribution in [2.24, 2.45) is 0 Å². The highest BCUT2D eigenvalue weighted by atomic mass is 19.1. The van der Waals surface area contributed by atoms with Crippen LogP contribution in [0.5, 0.6) is 0 Å². The minimum atomic E-state index is -1.31. The van der Waals surface area contributed by atoms with Gasteiger partial charge in [-0.05, 0) is 0 Å². The van der Waals surface area contributed by atoms with E-state index in [1.165, 1.54) is 4.68 Å². The van der Waals surface area contributed by atoms with Crippen LogP contribution in [0.15, 0.2) is 9.59 Å². The Morgan fingerprint density at radius 3 is 2.25 bits per heavy atom. The summed E-state index contributed by atoms with van der Waals surface area (Å²) in [5, 5.41) is 9.39. The molecule has 1 N–H and O–H groups in total. The Morgan fingerprint density at radius 1 is 1.15 bits per heavy atom. The van der Waals surface area contributed by atoms with E-state index in [9.17, 15) is 19.1 Å². The zero-order valence-electron chi connectivity index (χ0n) is 10.8. The van der Waals surface area contributed by atoms with Gasteiger partial charge in [0, 0.05) is 0 Å². The maximum absolute atomic E-state index is 12.4. The Labute approximate surface area is 112 Å². The highest BCUT2D eigenvalue weighted by molar-refractivity contribution is 4.82. The second-order valence-corrected chi connectivity index (χ2v) is 5.06. The average Bonchev–Trinajstić information content (AvgIpc) is 3.32. The number of aliphatic hydroxyl groups excluding tert-OH is 1. The van der Waals surface area contributed by atoms with Crippen LogP contribution >= 0.6 is 0 Å². The van der Waals surface area contributed by atoms with E-state index in [0.717, 1.165) is 9.25 Å². The molecule has 3 rings (SSSR count). The third kappa shape index (κ3) is 2.69. The van der Waals surface area contributed by atoms with E-state index in [1.54, 1.807) is 0 Å². The summed E-state index contributed by atoms with van der Waals surface area (Å²) in [5.74, 6) is 0. The summed E-state index contributed by atoms with van der Waals surface area (Å²) < 4.78 is 25.9. The summed E-state index contributed by atoms with van der Waals surface area (Å²) in [4.78, 5) is 24.4. The molecule has 1 aromatic rings. The smallest absolute Gasteiger partial charge is 0.347 e. The lowest BCUT2D eigenvalue weighted by Crippen LogP contribution is -2.33. The van der Waals surface area contributed by atoms with Crippen molar-refractivity contribution in [1.82, 2.24) is 13.9 Å². The van der Waals surface area contributed by atoms with Gasteiger partial charge < -0.3 is 14.6 Å². The van der Waals surface area contributed by atoms with Gasteiger partial charge in [0.25, 0.3) is 0 Å². The molecule has 9 heteroatoms. The Hall–Kier alpha value is -1.45. The van der Waals surface area contributed by atoms with Gasteiger partial charge in [0.2, 0.25) is 0 Å². The van der Waals surface area contributed by atoms with Gasteiger partial charge in [-0.15, -0.1) is 0 Å². The lowest BCUT2D eigenvalue weighted by atomic mass is 10.4. The third-order valence-corrected chi connectivity index (χ3v) is 3.32. The number of aliphatic hydroxyl groups is 1. The highest BCUT2D eigenvalue weighted by Crippen LogP contribution is 2.11. The number of rotatable bonds is 7. The molecule has 0 saturated carbocycles. The van der Waals surface area contributed by atoms with Crippen molar-refractivity contribution in [3.63, 3.8) is 0 Å². The number of hydrogen-bond acceptors (Lipinski definition) is 5. The third-order valence-electron chi connectivity index (χ3n) is 3.32. The van der Waals surface area contributed by atoms with Crippen LogP contribution in [0.3, 0.4) is 0 Å². The van der Waals surface area contributed by atoms with Crippen molar-refractivity contribution >= 4 is 0 Å². The second kappa shape index (κ2) is 5.15. The Kier molecular flexibility index (Phi) is 3.48. The Balaban J connectivity index is 1.94. The van der Waals surface area contributed by atoms with Gasteiger partial charge in [0.1, 0.15) is 18.9 Å². The SMILES string of the molecule is O=c1n(CC2CO2)c(=O)n(CC2CO2)n1CC(O)CF. The van der Waals surface area contributed by atoms with Gasteiger partial charge in [-0.25, -0.2) is 27.9 Å². The van der Waals surface area contributed by atoms with E-state index in [-0.39, 0.29) is 31.8 Å². The van der Waals surface area contributed by atoms with Crippen LogP contribution in [0.1, 0.15) is 0 Å². The summed E-state index contributed by atoms with van der Waals surface area (Å²) in [6.07, 6.45) is -1.53. The van der Waals surface area contributed by atoms with Crippen molar-refractivity contribution in [2.75, 3.05) is 19.9 Å². The van der Waals surface area contributed by atoms with Crippen LogP contribution in [-0.4, -0.2) is 57.2 Å². The quantitative estimate of drug-likeness (QED) is 0.583. The van der Waals surface area contributed by atoms with Gasteiger partial charge in [-0.2, -0.15) is 0 Å². The number of nitrogens with zero attached hydrogens (tertiary/aromatic N) is 3. The molecule has 112 valence electrons. The number of epoxide rings is 2. The molecule has 1 aromatic heterocycles. The molecule has 2 aliphatic rings. The molecule has 0 bridgehead atoms. The van der Waals surface area contributed by atoms with E-state index in [1.807, 2.05) is 0 Å². The highest BCUT2D eigenvalue weighted by Gasteiger charge is 2.30. The lowest BCUT2D eigenvalue weighted by molar-refractivity contribution is 0.110. The van der Waals surface area contributed by atoms with Crippen LogP contribution in [0.4, 0.5) is 4.39 Å². The number of aromatic nitrogens is 3. The maximum atomic E-state index is 12.4. The van der Waals surface area contributed by atoms with E-state index in [2.05, 4.69) is 0 Å². The van der Waals surface area contributed by atoms with Gasteiger partial charge in [-0.1, -0.05) is 0 Å². The van der Waals surface area contributed by atoms with Crippen LogP contribution in [0, 0.1) is 0 Å². The molecular weight excluding hydrogens is 273 g/mol. The van der Waals surface area contributed by atoms with Crippen molar-refractivity contribution in [1.29, 1.82) is 0 Å². The van der Waals surface area contributed by atoms with Crippen molar-refractivity contribution in [3.8, 4) is 0 Å². The fourth-order valence-corrected chi connectivity index (χ4v) is 2.07. The summed E-state index contributed by atoms with van der Waals surface area (Å²) in [6.45, 7) is 0.236. The minimum absolute atomic E-state index is 0.103. The number of ether oxygens (including phenoxy) is 2. The molecule has 0 aromatic carbocycles. The zero-order valence-corrected chi connectivity index (χ0v) is 10.8. The fraction of sp³-hybridized carbons (Fsp3) is 0.818. The van der Waals surface area contributed by atoms with Crippen LogP contribution < -0.4 is 11.4 Å². The molecule has 2 aliphatic heterocycles. The van der Waals surface area contributed by atoms with Gasteiger partial charge >= 0.3 is 11.4 Å². The average molecular weight is 289 g/mol. The molecule has 0 amide bonds. The summed E-state index contributed by atoms with van der Waals surface area (Å²) >= 11 is 0. The Bertz CT molecular complexity index is 598. The molecule has 0 spiro atoms. The lowest BCUT2D eigenvalue weighted by Gasteiger charge is -2.10. The van der Waals surface area contributed by atoms with Gasteiger partial charge in [0.05, 0.1) is 39.0 Å². The standard InChI is InChI=1S/C11H16FN3O5/c12-1-7(16)2-14-10(17)13(3-8-5-19-8)11(18)15(14)4-9-6-20-9/h7-9,16H,1-6H2. The second-order valence-electron chi connectivity index (χ2n) is 5.06. The molecule has 0 aliphatic carbocycles. The summed E-state index contributed by atoms with van der Waals surface area (Å²) in [6, 6.07) is 0. The van der Waals surface area contributed by atoms with Crippen molar-refractivity contribution < 1.29 is 19.0 Å². The molecule has 2 fully saturated rings. The molecule has 8 nitrogen and oxygen atoms in total. The van der Waals surface area contributed by atoms with E-state index >= 15 is 0 Å². The van der Waals surface area contributed by atoms with E-state index < -0.39 is 24.2 Å². The van der Waals surface area contributed by atoms with Crippen LogP contribution in [0.2, 0.25) is 0 Å². The molecule has 3 atom stereocenters. The first-order valence-corrected chi connectivity index (χ1v) is 6.48. The van der Waals surface area contributed by atoms with Gasteiger partial charge in [-0.3, -0.25) is 0 Å². The molecule has 3 heterocycles. The number of hydrogen-bond donors (Lipinski definition) is 1. The van der Waals surface area contributed by atoms with Gasteiger partial charge in [0.15, 0.2) is 0 Å². The normalized spacial score (nSPS) is 25.7. The van der Waals surface area contributed by atoms with Crippen molar-refractivity contribution in [3.05, 3.63) is 21.0 Å². The monoisotopic (exact) mass is 289 g/mol.